The minimum atomic E-state index is -0.177. The molecule has 0 spiro atoms. The molecule has 0 aliphatic heterocycles. The molecule has 3 aromatic rings. The molecule has 0 aliphatic carbocycles. The lowest BCUT2D eigenvalue weighted by Gasteiger charge is -2.10. The van der Waals surface area contributed by atoms with Gasteiger partial charge >= 0.3 is 0 Å². The van der Waals surface area contributed by atoms with Crippen molar-refractivity contribution in [2.24, 2.45) is 0 Å². The highest BCUT2D eigenvalue weighted by atomic mass is 32.1. The smallest absolute Gasteiger partial charge is 0.263 e. The summed E-state index contributed by atoms with van der Waals surface area (Å²) in [5.41, 5.74) is 1.77. The summed E-state index contributed by atoms with van der Waals surface area (Å²) in [6.07, 6.45) is 1.60. The van der Waals surface area contributed by atoms with Crippen LogP contribution in [0.25, 0.3) is 10.6 Å². The molecule has 1 aromatic carbocycles. The molecule has 0 aliphatic rings. The topological polar surface area (TPSA) is 55.1 Å². The van der Waals surface area contributed by atoms with Gasteiger partial charge < -0.3 is 9.73 Å². The number of nitrogens with zero attached hydrogens (tertiary/aromatic N) is 1. The van der Waals surface area contributed by atoms with Gasteiger partial charge in [0.05, 0.1) is 18.0 Å². The summed E-state index contributed by atoms with van der Waals surface area (Å²) in [7, 11) is 0. The highest BCUT2D eigenvalue weighted by Crippen LogP contribution is 2.28. The van der Waals surface area contributed by atoms with Crippen molar-refractivity contribution in [3.63, 3.8) is 0 Å². The molecule has 0 saturated carbocycles. The lowest BCUT2D eigenvalue weighted by Crippen LogP contribution is -2.26. The van der Waals surface area contributed by atoms with Crippen LogP contribution in [-0.2, 0) is 0 Å². The minimum absolute atomic E-state index is 0.124. The van der Waals surface area contributed by atoms with E-state index >= 15 is 0 Å². The zero-order valence-electron chi connectivity index (χ0n) is 12.4. The molecule has 1 atom stereocenters. The van der Waals surface area contributed by atoms with Gasteiger partial charge in [-0.2, -0.15) is 0 Å². The van der Waals surface area contributed by atoms with E-state index in [1.807, 2.05) is 56.3 Å². The van der Waals surface area contributed by atoms with Crippen LogP contribution in [0.2, 0.25) is 0 Å². The maximum atomic E-state index is 12.4. The average molecular weight is 312 g/mol. The largest absolute Gasteiger partial charge is 0.467 e. The van der Waals surface area contributed by atoms with Crippen molar-refractivity contribution >= 4 is 17.2 Å². The van der Waals surface area contributed by atoms with E-state index in [0.29, 0.717) is 4.88 Å². The summed E-state index contributed by atoms with van der Waals surface area (Å²) in [6.45, 7) is 3.75. The fourth-order valence-corrected chi connectivity index (χ4v) is 3.16. The Morgan fingerprint density at radius 3 is 2.68 bits per heavy atom. The van der Waals surface area contributed by atoms with E-state index in [1.165, 1.54) is 11.3 Å². The summed E-state index contributed by atoms with van der Waals surface area (Å²) in [4.78, 5) is 17.6. The summed E-state index contributed by atoms with van der Waals surface area (Å²) in [5, 5.41) is 3.80. The van der Waals surface area contributed by atoms with Gasteiger partial charge in [-0.15, -0.1) is 11.3 Å². The second-order valence-electron chi connectivity index (χ2n) is 5.01. The van der Waals surface area contributed by atoms with Gasteiger partial charge in [-0.1, -0.05) is 30.3 Å². The summed E-state index contributed by atoms with van der Waals surface area (Å²) >= 11 is 1.41. The Morgan fingerprint density at radius 1 is 1.23 bits per heavy atom. The van der Waals surface area contributed by atoms with Gasteiger partial charge in [0, 0.05) is 5.56 Å². The number of rotatable bonds is 4. The Kier molecular flexibility index (Phi) is 4.06. The highest BCUT2D eigenvalue weighted by Gasteiger charge is 2.19. The van der Waals surface area contributed by atoms with Gasteiger partial charge in [0.1, 0.15) is 15.6 Å². The molecular formula is C17H16N2O2S. The average Bonchev–Trinajstić information content (AvgIpc) is 3.17. The summed E-state index contributed by atoms with van der Waals surface area (Å²) in [6, 6.07) is 13.3. The molecule has 0 bridgehead atoms. The second-order valence-corrected chi connectivity index (χ2v) is 6.01. The second kappa shape index (κ2) is 6.15. The number of hydrogen-bond acceptors (Lipinski definition) is 4. The van der Waals surface area contributed by atoms with Crippen LogP contribution in [0.15, 0.2) is 53.1 Å². The first-order valence-electron chi connectivity index (χ1n) is 7.02. The van der Waals surface area contributed by atoms with Crippen LogP contribution >= 0.6 is 11.3 Å². The van der Waals surface area contributed by atoms with E-state index in [1.54, 1.807) is 6.26 Å². The van der Waals surface area contributed by atoms with E-state index in [4.69, 9.17) is 4.42 Å². The zero-order chi connectivity index (χ0) is 15.5. The molecule has 2 aromatic heterocycles. The van der Waals surface area contributed by atoms with E-state index in [2.05, 4.69) is 10.3 Å². The number of furan rings is 1. The third kappa shape index (κ3) is 2.94. The van der Waals surface area contributed by atoms with Crippen LogP contribution in [0.4, 0.5) is 0 Å². The summed E-state index contributed by atoms with van der Waals surface area (Å²) in [5.74, 6) is 0.611. The van der Waals surface area contributed by atoms with Crippen LogP contribution in [0.5, 0.6) is 0 Å². The van der Waals surface area contributed by atoms with Crippen LogP contribution in [0, 0.1) is 6.92 Å². The molecule has 0 fully saturated rings. The van der Waals surface area contributed by atoms with Crippen molar-refractivity contribution in [1.82, 2.24) is 10.3 Å². The number of carbonyl (C=O) groups is 1. The van der Waals surface area contributed by atoms with Crippen molar-refractivity contribution in [2.45, 2.75) is 19.9 Å². The monoisotopic (exact) mass is 312 g/mol. The number of thiazole rings is 1. The van der Waals surface area contributed by atoms with Crippen molar-refractivity contribution in [1.29, 1.82) is 0 Å². The minimum Gasteiger partial charge on any atom is -0.467 e. The van der Waals surface area contributed by atoms with Gasteiger partial charge in [-0.3, -0.25) is 4.79 Å². The Bertz CT molecular complexity index is 763. The van der Waals surface area contributed by atoms with Gasteiger partial charge in [0.15, 0.2) is 0 Å². The number of hydrogen-bond donors (Lipinski definition) is 1. The molecule has 0 radical (unpaired) electrons. The van der Waals surface area contributed by atoms with Crippen LogP contribution in [-0.4, -0.2) is 10.9 Å². The lowest BCUT2D eigenvalue weighted by atomic mass is 10.2. The molecule has 3 rings (SSSR count). The Hall–Kier alpha value is -2.40. The van der Waals surface area contributed by atoms with Crippen LogP contribution in [0.1, 0.15) is 34.1 Å². The van der Waals surface area contributed by atoms with E-state index < -0.39 is 0 Å². The number of amides is 1. The SMILES string of the molecule is Cc1nc(-c2ccccc2)sc1C(=O)NC(C)c1ccco1. The first kappa shape index (κ1) is 14.5. The maximum Gasteiger partial charge on any atom is 0.263 e. The van der Waals surface area contributed by atoms with Gasteiger partial charge in [-0.25, -0.2) is 4.98 Å². The molecule has 1 amide bonds. The fraction of sp³-hybridized carbons (Fsp3) is 0.176. The maximum absolute atomic E-state index is 12.4. The fourth-order valence-electron chi connectivity index (χ4n) is 2.18. The van der Waals surface area contributed by atoms with Gasteiger partial charge in [0.2, 0.25) is 0 Å². The van der Waals surface area contributed by atoms with Gasteiger partial charge in [0.25, 0.3) is 5.91 Å². The van der Waals surface area contributed by atoms with Crippen molar-refractivity contribution in [3.05, 3.63) is 65.1 Å². The first-order valence-corrected chi connectivity index (χ1v) is 7.84. The molecule has 2 heterocycles. The third-order valence-corrected chi connectivity index (χ3v) is 4.55. The van der Waals surface area contributed by atoms with E-state index in [-0.39, 0.29) is 11.9 Å². The first-order chi connectivity index (χ1) is 10.6. The molecule has 1 N–H and O–H groups in total. The predicted molar refractivity (Wildman–Crippen MR) is 86.9 cm³/mol. The number of carbonyl (C=O) groups excluding carboxylic acids is 1. The Balaban J connectivity index is 1.80. The predicted octanol–water partition coefficient (Wildman–Crippen LogP) is 4.20. The number of benzene rings is 1. The van der Waals surface area contributed by atoms with E-state index in [9.17, 15) is 4.79 Å². The molecule has 22 heavy (non-hydrogen) atoms. The molecular weight excluding hydrogens is 296 g/mol. The zero-order valence-corrected chi connectivity index (χ0v) is 13.2. The van der Waals surface area contributed by atoms with E-state index in [0.717, 1.165) is 22.0 Å². The normalized spacial score (nSPS) is 12.1. The van der Waals surface area contributed by atoms with Gasteiger partial charge in [-0.05, 0) is 26.0 Å². The quantitative estimate of drug-likeness (QED) is 0.785. The molecule has 4 nitrogen and oxygen atoms in total. The molecule has 5 heteroatoms. The highest BCUT2D eigenvalue weighted by molar-refractivity contribution is 7.17. The summed E-state index contributed by atoms with van der Waals surface area (Å²) < 4.78 is 5.31. The Morgan fingerprint density at radius 2 is 2.00 bits per heavy atom. The molecule has 0 saturated heterocycles. The van der Waals surface area contributed by atoms with Crippen molar-refractivity contribution in [3.8, 4) is 10.6 Å². The van der Waals surface area contributed by atoms with Crippen molar-refractivity contribution < 1.29 is 9.21 Å². The number of aromatic nitrogens is 1. The Labute approximate surface area is 132 Å². The number of aryl methyl sites for hydroxylation is 1. The van der Waals surface area contributed by atoms with Crippen molar-refractivity contribution in [2.75, 3.05) is 0 Å². The third-order valence-electron chi connectivity index (χ3n) is 3.34. The molecule has 1 unspecified atom stereocenters. The van der Waals surface area contributed by atoms with Crippen LogP contribution in [0.3, 0.4) is 0 Å². The lowest BCUT2D eigenvalue weighted by molar-refractivity contribution is 0.0938. The standard InChI is InChI=1S/C17H16N2O2S/c1-11(14-9-6-10-21-14)18-16(20)15-12(2)19-17(22-15)13-7-4-3-5-8-13/h3-11H,1-2H3,(H,18,20). The molecule has 112 valence electrons. The number of nitrogens with one attached hydrogen (secondary N) is 1. The van der Waals surface area contributed by atoms with Crippen LogP contribution < -0.4 is 5.32 Å².